The van der Waals surface area contributed by atoms with Crippen LogP contribution in [0.4, 0.5) is 0 Å². The lowest BCUT2D eigenvalue weighted by molar-refractivity contribution is 0.485. The van der Waals surface area contributed by atoms with Crippen LogP contribution in [0.1, 0.15) is 53.2 Å². The number of aromatic nitrogens is 3. The Morgan fingerprint density at radius 2 is 2.23 bits per heavy atom. The van der Waals surface area contributed by atoms with E-state index < -0.39 is 0 Å². The first-order valence-corrected chi connectivity index (χ1v) is 9.70. The van der Waals surface area contributed by atoms with E-state index in [0.29, 0.717) is 11.8 Å². The summed E-state index contributed by atoms with van der Waals surface area (Å²) in [6, 6.07) is 0. The topological polar surface area (TPSA) is 58.3 Å². The lowest BCUT2D eigenvalue weighted by Gasteiger charge is -2.21. The van der Waals surface area contributed by atoms with Crippen molar-refractivity contribution < 1.29 is 0 Å². The van der Waals surface area contributed by atoms with E-state index in [1.807, 2.05) is 25.0 Å². The normalized spacial score (nSPS) is 17.7. The first kappa shape index (κ1) is 21.1. The fourth-order valence-corrected chi connectivity index (χ4v) is 4.47. The molecule has 0 spiro atoms. The molecule has 0 aliphatic carbocycles. The van der Waals surface area contributed by atoms with Gasteiger partial charge in [-0.15, -0.1) is 35.3 Å². The minimum Gasteiger partial charge on any atom is -0.350 e. The van der Waals surface area contributed by atoms with Crippen molar-refractivity contribution in [2.45, 2.75) is 45.6 Å². The maximum absolute atomic E-state index is 4.78. The third kappa shape index (κ3) is 4.76. The van der Waals surface area contributed by atoms with E-state index in [1.54, 1.807) is 11.3 Å². The van der Waals surface area contributed by atoms with Crippen molar-refractivity contribution in [1.29, 1.82) is 0 Å². The number of hydrogen-bond acceptors (Lipinski definition) is 4. The molecule has 0 bridgehead atoms. The molecule has 2 aromatic rings. The van der Waals surface area contributed by atoms with Crippen LogP contribution in [0.25, 0.3) is 0 Å². The van der Waals surface area contributed by atoms with Crippen molar-refractivity contribution in [2.75, 3.05) is 20.1 Å². The zero-order chi connectivity index (χ0) is 18.0. The van der Waals surface area contributed by atoms with Gasteiger partial charge in [-0.1, -0.05) is 13.8 Å². The summed E-state index contributed by atoms with van der Waals surface area (Å²) in [6.45, 7) is 9.29. The molecule has 0 aromatic carbocycles. The summed E-state index contributed by atoms with van der Waals surface area (Å²) in [6.07, 6.45) is 5.24. The molecule has 144 valence electrons. The number of aliphatic imine (C=N–C) groups is 1. The van der Waals surface area contributed by atoms with E-state index in [1.165, 1.54) is 16.1 Å². The molecule has 3 rings (SSSR count). The summed E-state index contributed by atoms with van der Waals surface area (Å²) in [5, 5.41) is 8.91. The summed E-state index contributed by atoms with van der Waals surface area (Å²) in [4.78, 5) is 12.9. The van der Waals surface area contributed by atoms with Gasteiger partial charge in [0.1, 0.15) is 5.01 Å². The molecule has 8 heteroatoms. The molecule has 1 saturated heterocycles. The van der Waals surface area contributed by atoms with E-state index in [-0.39, 0.29) is 24.0 Å². The largest absolute Gasteiger partial charge is 0.350 e. The first-order chi connectivity index (χ1) is 12.0. The van der Waals surface area contributed by atoms with E-state index in [9.17, 15) is 0 Å². The Morgan fingerprint density at radius 1 is 1.46 bits per heavy atom. The second kappa shape index (κ2) is 9.16. The molecule has 1 unspecified atom stereocenters. The van der Waals surface area contributed by atoms with Crippen LogP contribution in [0.2, 0.25) is 0 Å². The molecule has 1 aliphatic rings. The SMILES string of the molecule is CN=C(NCc1nc(C(C)C)c(C)s1)N1CCC(c2cnn(C)c2)C1.I. The Bertz CT molecular complexity index is 751. The number of nitrogens with zero attached hydrogens (tertiary/aromatic N) is 5. The number of likely N-dealkylation sites (tertiary alicyclic amines) is 1. The van der Waals surface area contributed by atoms with Crippen LogP contribution >= 0.6 is 35.3 Å². The molecule has 0 radical (unpaired) electrons. The lowest BCUT2D eigenvalue weighted by Crippen LogP contribution is -2.39. The van der Waals surface area contributed by atoms with Crippen LogP contribution in [0.5, 0.6) is 0 Å². The molecule has 3 heterocycles. The predicted molar refractivity (Wildman–Crippen MR) is 119 cm³/mol. The Labute approximate surface area is 177 Å². The van der Waals surface area contributed by atoms with Gasteiger partial charge in [-0.25, -0.2) is 4.98 Å². The molecule has 1 fully saturated rings. The van der Waals surface area contributed by atoms with Crippen molar-refractivity contribution in [3.63, 3.8) is 0 Å². The van der Waals surface area contributed by atoms with Crippen molar-refractivity contribution in [1.82, 2.24) is 25.0 Å². The zero-order valence-corrected chi connectivity index (χ0v) is 19.3. The van der Waals surface area contributed by atoms with Gasteiger partial charge in [0.15, 0.2) is 5.96 Å². The van der Waals surface area contributed by atoms with E-state index in [4.69, 9.17) is 4.98 Å². The Morgan fingerprint density at radius 3 is 2.81 bits per heavy atom. The summed E-state index contributed by atoms with van der Waals surface area (Å²) in [5.74, 6) is 1.97. The highest BCUT2D eigenvalue weighted by Crippen LogP contribution is 2.27. The van der Waals surface area contributed by atoms with Crippen LogP contribution in [0.3, 0.4) is 0 Å². The molecule has 0 saturated carbocycles. The minimum absolute atomic E-state index is 0. The van der Waals surface area contributed by atoms with Gasteiger partial charge < -0.3 is 10.2 Å². The molecule has 6 nitrogen and oxygen atoms in total. The number of thiazole rings is 1. The standard InChI is InChI=1S/C18H28N6S.HI/c1-12(2)17-13(3)25-16(22-17)9-20-18(19-4)24-7-6-14(11-24)15-8-21-23(5)10-15;/h8,10,12,14H,6-7,9,11H2,1-5H3,(H,19,20);1H. The maximum atomic E-state index is 4.78. The van der Waals surface area contributed by atoms with Crippen LogP contribution < -0.4 is 5.32 Å². The average molecular weight is 488 g/mol. The highest BCUT2D eigenvalue weighted by Gasteiger charge is 2.27. The van der Waals surface area contributed by atoms with Crippen molar-refractivity contribution in [3.8, 4) is 0 Å². The fourth-order valence-electron chi connectivity index (χ4n) is 3.44. The lowest BCUT2D eigenvalue weighted by atomic mass is 10.0. The molecule has 26 heavy (non-hydrogen) atoms. The summed E-state index contributed by atoms with van der Waals surface area (Å²) >= 11 is 1.78. The second-order valence-electron chi connectivity index (χ2n) is 6.98. The quantitative estimate of drug-likeness (QED) is 0.407. The van der Waals surface area contributed by atoms with Crippen molar-refractivity contribution in [3.05, 3.63) is 33.5 Å². The zero-order valence-electron chi connectivity index (χ0n) is 16.2. The molecular formula is C18H29IN6S. The molecule has 2 aromatic heterocycles. The summed E-state index contributed by atoms with van der Waals surface area (Å²) < 4.78 is 1.88. The van der Waals surface area contributed by atoms with Crippen molar-refractivity contribution in [2.24, 2.45) is 12.0 Å². The van der Waals surface area contributed by atoms with Gasteiger partial charge in [-0.2, -0.15) is 5.10 Å². The van der Waals surface area contributed by atoms with Crippen LogP contribution in [-0.2, 0) is 13.6 Å². The number of guanidine groups is 1. The van der Waals surface area contributed by atoms with Gasteiger partial charge in [0.25, 0.3) is 0 Å². The van der Waals surface area contributed by atoms with Gasteiger partial charge in [-0.05, 0) is 24.8 Å². The highest BCUT2D eigenvalue weighted by atomic mass is 127. The Kier molecular flexibility index (Phi) is 7.45. The van der Waals surface area contributed by atoms with E-state index in [0.717, 1.165) is 37.0 Å². The number of rotatable bonds is 4. The Hall–Kier alpha value is -1.16. The third-order valence-electron chi connectivity index (χ3n) is 4.72. The summed E-state index contributed by atoms with van der Waals surface area (Å²) in [5.41, 5.74) is 2.53. The van der Waals surface area contributed by atoms with Gasteiger partial charge in [0.2, 0.25) is 0 Å². The smallest absolute Gasteiger partial charge is 0.194 e. The highest BCUT2D eigenvalue weighted by molar-refractivity contribution is 14.0. The summed E-state index contributed by atoms with van der Waals surface area (Å²) in [7, 11) is 3.82. The van der Waals surface area contributed by atoms with Crippen LogP contribution in [0, 0.1) is 6.92 Å². The van der Waals surface area contributed by atoms with Crippen LogP contribution in [-0.4, -0.2) is 45.8 Å². The molecular weight excluding hydrogens is 459 g/mol. The minimum atomic E-state index is 0. The molecule has 1 aliphatic heterocycles. The molecule has 0 amide bonds. The molecule has 1 atom stereocenters. The van der Waals surface area contributed by atoms with E-state index in [2.05, 4.69) is 47.3 Å². The molecule has 1 N–H and O–H groups in total. The maximum Gasteiger partial charge on any atom is 0.194 e. The average Bonchev–Trinajstić information content (AvgIpc) is 3.28. The Balaban J connectivity index is 0.00000243. The number of hydrogen-bond donors (Lipinski definition) is 1. The third-order valence-corrected chi connectivity index (χ3v) is 5.70. The fraction of sp³-hybridized carbons (Fsp3) is 0.611. The van der Waals surface area contributed by atoms with Crippen molar-refractivity contribution >= 4 is 41.3 Å². The van der Waals surface area contributed by atoms with E-state index >= 15 is 0 Å². The second-order valence-corrected chi connectivity index (χ2v) is 8.27. The number of nitrogens with one attached hydrogen (secondary N) is 1. The first-order valence-electron chi connectivity index (χ1n) is 8.88. The predicted octanol–water partition coefficient (Wildman–Crippen LogP) is 3.49. The van der Waals surface area contributed by atoms with Gasteiger partial charge in [0, 0.05) is 44.2 Å². The van der Waals surface area contributed by atoms with Gasteiger partial charge in [-0.3, -0.25) is 9.67 Å². The van der Waals surface area contributed by atoms with Gasteiger partial charge >= 0.3 is 0 Å². The number of aryl methyl sites for hydroxylation is 2. The monoisotopic (exact) mass is 488 g/mol. The van der Waals surface area contributed by atoms with Gasteiger partial charge in [0.05, 0.1) is 18.4 Å². The number of halogens is 1. The van der Waals surface area contributed by atoms with Crippen LogP contribution in [0.15, 0.2) is 17.4 Å².